The number of alkyl carbamates (subject to hydrolysis) is 1. The second-order valence-corrected chi connectivity index (χ2v) is 12.1. The molecule has 11 heteroatoms. The highest BCUT2D eigenvalue weighted by molar-refractivity contribution is 7.18. The first kappa shape index (κ1) is 27.8. The number of amides is 1. The summed E-state index contributed by atoms with van der Waals surface area (Å²) in [5.74, 6) is 0.697. The summed E-state index contributed by atoms with van der Waals surface area (Å²) >= 11 is 7.68. The van der Waals surface area contributed by atoms with Gasteiger partial charge in [-0.05, 0) is 82.3 Å². The standard InChI is InChI=1S/C29H32ClN7O2S/c1-18-24(23-16-19(12-14-37(23)36-18)7-5-6-13-31-28(38)39-29(2,3)4)27-34-22(15-20-8-10-21(30)11-9-20)25(40-27)26-32-17-33-35-26/h8-12,14,16-17H,5-7,13,15H2,1-4H3,(H,31,38)(H,32,33,35). The van der Waals surface area contributed by atoms with Gasteiger partial charge in [0.2, 0.25) is 0 Å². The van der Waals surface area contributed by atoms with Crippen molar-refractivity contribution in [3.63, 3.8) is 0 Å². The molecule has 0 spiro atoms. The molecular weight excluding hydrogens is 546 g/mol. The van der Waals surface area contributed by atoms with Crippen molar-refractivity contribution in [2.75, 3.05) is 6.54 Å². The largest absolute Gasteiger partial charge is 0.444 e. The van der Waals surface area contributed by atoms with Crippen molar-refractivity contribution in [2.45, 2.75) is 59.0 Å². The van der Waals surface area contributed by atoms with Crippen LogP contribution < -0.4 is 5.32 Å². The summed E-state index contributed by atoms with van der Waals surface area (Å²) in [5.41, 5.74) is 5.69. The first-order valence-corrected chi connectivity index (χ1v) is 14.4. The molecule has 40 heavy (non-hydrogen) atoms. The van der Waals surface area contributed by atoms with Gasteiger partial charge in [-0.15, -0.1) is 11.3 Å². The number of rotatable bonds is 9. The van der Waals surface area contributed by atoms with Crippen molar-refractivity contribution in [3.05, 3.63) is 76.5 Å². The number of nitrogens with zero attached hydrogens (tertiary/aromatic N) is 5. The van der Waals surface area contributed by atoms with E-state index >= 15 is 0 Å². The summed E-state index contributed by atoms with van der Waals surface area (Å²) in [4.78, 5) is 22.3. The number of ether oxygens (including phenoxy) is 1. The summed E-state index contributed by atoms with van der Waals surface area (Å²) < 4.78 is 7.21. The van der Waals surface area contributed by atoms with E-state index in [1.807, 2.05) is 62.7 Å². The predicted molar refractivity (Wildman–Crippen MR) is 158 cm³/mol. The van der Waals surface area contributed by atoms with E-state index in [4.69, 9.17) is 26.4 Å². The van der Waals surface area contributed by atoms with E-state index in [9.17, 15) is 4.79 Å². The molecule has 4 heterocycles. The lowest BCUT2D eigenvalue weighted by Gasteiger charge is -2.19. The van der Waals surface area contributed by atoms with Crippen LogP contribution >= 0.6 is 22.9 Å². The Kier molecular flexibility index (Phi) is 8.18. The number of unbranched alkanes of at least 4 members (excludes halogenated alkanes) is 1. The predicted octanol–water partition coefficient (Wildman–Crippen LogP) is 6.64. The van der Waals surface area contributed by atoms with Crippen molar-refractivity contribution in [1.29, 1.82) is 0 Å². The number of benzene rings is 1. The van der Waals surface area contributed by atoms with Gasteiger partial charge in [0.25, 0.3) is 0 Å². The number of H-pyrrole nitrogens is 1. The number of hydrogen-bond acceptors (Lipinski definition) is 7. The number of carbonyl (C=O) groups is 1. The van der Waals surface area contributed by atoms with Gasteiger partial charge >= 0.3 is 6.09 Å². The Hall–Kier alpha value is -3.76. The van der Waals surface area contributed by atoms with Crippen LogP contribution in [0.25, 0.3) is 26.8 Å². The van der Waals surface area contributed by atoms with Gasteiger partial charge in [-0.1, -0.05) is 23.7 Å². The van der Waals surface area contributed by atoms with Gasteiger partial charge in [-0.2, -0.15) is 10.2 Å². The Labute approximate surface area is 242 Å². The van der Waals surface area contributed by atoms with Crippen LogP contribution in [0.2, 0.25) is 5.02 Å². The Morgan fingerprint density at radius 3 is 2.67 bits per heavy atom. The van der Waals surface area contributed by atoms with Crippen LogP contribution in [0.4, 0.5) is 4.79 Å². The average Bonchev–Trinajstić information content (AvgIpc) is 3.62. The van der Waals surface area contributed by atoms with Crippen LogP contribution in [-0.4, -0.2) is 48.0 Å². The highest BCUT2D eigenvalue weighted by Gasteiger charge is 2.21. The third-order valence-corrected chi connectivity index (χ3v) is 7.63. The summed E-state index contributed by atoms with van der Waals surface area (Å²) in [6.45, 7) is 8.16. The van der Waals surface area contributed by atoms with Gasteiger partial charge in [0.15, 0.2) is 5.82 Å². The molecule has 5 rings (SSSR count). The molecule has 208 valence electrons. The average molecular weight is 578 g/mol. The molecule has 1 aromatic carbocycles. The van der Waals surface area contributed by atoms with E-state index in [1.165, 1.54) is 11.9 Å². The van der Waals surface area contributed by atoms with Gasteiger partial charge in [0.05, 0.1) is 27.3 Å². The van der Waals surface area contributed by atoms with E-state index in [2.05, 4.69) is 32.6 Å². The molecule has 2 N–H and O–H groups in total. The van der Waals surface area contributed by atoms with Gasteiger partial charge in [0, 0.05) is 24.2 Å². The maximum Gasteiger partial charge on any atom is 0.407 e. The van der Waals surface area contributed by atoms with Gasteiger partial charge < -0.3 is 10.1 Å². The van der Waals surface area contributed by atoms with Crippen molar-refractivity contribution in [1.82, 2.24) is 35.1 Å². The highest BCUT2D eigenvalue weighted by atomic mass is 35.5. The summed E-state index contributed by atoms with van der Waals surface area (Å²) in [5, 5.41) is 16.2. The van der Waals surface area contributed by atoms with Crippen LogP contribution in [-0.2, 0) is 17.6 Å². The Morgan fingerprint density at radius 1 is 1.15 bits per heavy atom. The fourth-order valence-electron chi connectivity index (χ4n) is 4.46. The first-order valence-electron chi connectivity index (χ1n) is 13.2. The summed E-state index contributed by atoms with van der Waals surface area (Å²) in [6.07, 6.45) is 6.46. The van der Waals surface area contributed by atoms with Crippen LogP contribution in [0.5, 0.6) is 0 Å². The minimum atomic E-state index is -0.496. The van der Waals surface area contributed by atoms with Gasteiger partial charge in [0.1, 0.15) is 16.9 Å². The SMILES string of the molecule is Cc1nn2ccc(CCCCNC(=O)OC(C)(C)C)cc2c1-c1nc(Cc2ccc(Cl)cc2)c(-c2ncn[nH]2)s1. The number of aromatic nitrogens is 6. The molecular formula is C29H32ClN7O2S. The number of carbonyl (C=O) groups excluding carboxylic acids is 1. The number of aryl methyl sites for hydroxylation is 2. The Balaban J connectivity index is 1.36. The van der Waals surface area contributed by atoms with Gasteiger partial charge in [-0.25, -0.2) is 19.3 Å². The lowest BCUT2D eigenvalue weighted by Crippen LogP contribution is -2.33. The van der Waals surface area contributed by atoms with Gasteiger partial charge in [-0.3, -0.25) is 5.10 Å². The number of nitrogens with one attached hydrogen (secondary N) is 2. The number of aromatic amines is 1. The summed E-state index contributed by atoms with van der Waals surface area (Å²) in [6, 6.07) is 12.1. The third kappa shape index (κ3) is 6.68. The zero-order chi connectivity index (χ0) is 28.3. The second-order valence-electron chi connectivity index (χ2n) is 10.6. The van der Waals surface area contributed by atoms with Crippen molar-refractivity contribution in [2.24, 2.45) is 0 Å². The number of fused-ring (bicyclic) bond motifs is 1. The minimum Gasteiger partial charge on any atom is -0.444 e. The molecule has 0 bridgehead atoms. The molecule has 0 unspecified atom stereocenters. The minimum absolute atomic E-state index is 0.378. The third-order valence-electron chi connectivity index (χ3n) is 6.26. The fraction of sp³-hybridized carbons (Fsp3) is 0.345. The fourth-order valence-corrected chi connectivity index (χ4v) is 5.72. The normalized spacial score (nSPS) is 11.7. The maximum atomic E-state index is 11.9. The molecule has 0 saturated carbocycles. The molecule has 5 aromatic rings. The van der Waals surface area contributed by atoms with Crippen molar-refractivity contribution < 1.29 is 9.53 Å². The van der Waals surface area contributed by atoms with E-state index in [0.717, 1.165) is 57.2 Å². The van der Waals surface area contributed by atoms with E-state index in [1.54, 1.807) is 11.3 Å². The Morgan fingerprint density at radius 2 is 1.95 bits per heavy atom. The molecule has 9 nitrogen and oxygen atoms in total. The maximum absolute atomic E-state index is 11.9. The molecule has 0 atom stereocenters. The quantitative estimate of drug-likeness (QED) is 0.190. The Bertz CT molecular complexity index is 1600. The monoisotopic (exact) mass is 577 g/mol. The molecule has 0 aliphatic carbocycles. The lowest BCUT2D eigenvalue weighted by molar-refractivity contribution is 0.0527. The molecule has 0 fully saturated rings. The van der Waals surface area contributed by atoms with Crippen LogP contribution in [0, 0.1) is 6.92 Å². The van der Waals surface area contributed by atoms with Crippen LogP contribution in [0.3, 0.4) is 0 Å². The number of hydrogen-bond donors (Lipinski definition) is 2. The topological polar surface area (TPSA) is 110 Å². The number of pyridine rings is 1. The van der Waals surface area contributed by atoms with Crippen molar-refractivity contribution in [3.8, 4) is 21.3 Å². The number of thiazole rings is 1. The van der Waals surface area contributed by atoms with Crippen molar-refractivity contribution >= 4 is 34.5 Å². The number of halogens is 1. The molecule has 1 amide bonds. The highest BCUT2D eigenvalue weighted by Crippen LogP contribution is 2.38. The zero-order valence-corrected chi connectivity index (χ0v) is 24.6. The molecule has 0 aliphatic heterocycles. The van der Waals surface area contributed by atoms with E-state index in [0.29, 0.717) is 23.8 Å². The molecule has 0 saturated heterocycles. The van der Waals surface area contributed by atoms with Crippen LogP contribution in [0.1, 0.15) is 56.1 Å². The van der Waals surface area contributed by atoms with Crippen LogP contribution in [0.15, 0.2) is 48.9 Å². The van der Waals surface area contributed by atoms with E-state index < -0.39 is 5.60 Å². The summed E-state index contributed by atoms with van der Waals surface area (Å²) in [7, 11) is 0. The smallest absolute Gasteiger partial charge is 0.407 e. The zero-order valence-electron chi connectivity index (χ0n) is 23.0. The second kappa shape index (κ2) is 11.8. The lowest BCUT2D eigenvalue weighted by atomic mass is 10.1. The van der Waals surface area contributed by atoms with E-state index in [-0.39, 0.29) is 6.09 Å². The molecule has 4 aromatic heterocycles. The molecule has 0 aliphatic rings. The molecule has 0 radical (unpaired) electrons. The first-order chi connectivity index (χ1) is 19.2.